The summed E-state index contributed by atoms with van der Waals surface area (Å²) in [6.45, 7) is 8.42. The van der Waals surface area contributed by atoms with E-state index < -0.39 is 5.97 Å². The van der Waals surface area contributed by atoms with Crippen molar-refractivity contribution in [2.45, 2.75) is 20.4 Å². The normalized spacial score (nSPS) is 12.1. The highest BCUT2D eigenvalue weighted by molar-refractivity contribution is 5.95. The second-order valence-corrected chi connectivity index (χ2v) is 6.93. The number of nitrogens with one attached hydrogen (secondary N) is 1. The fraction of sp³-hybridized carbons (Fsp3) is 0.160. The van der Waals surface area contributed by atoms with E-state index in [1.807, 2.05) is 32.1 Å². The molecule has 0 radical (unpaired) electrons. The number of ether oxygens (including phenoxy) is 1. The average molecular weight is 386 g/mol. The summed E-state index contributed by atoms with van der Waals surface area (Å²) in [6, 6.07) is 18.7. The van der Waals surface area contributed by atoms with E-state index in [-0.39, 0.29) is 0 Å². The first-order valence-electron chi connectivity index (χ1n) is 9.54. The Morgan fingerprint density at radius 1 is 1.17 bits per heavy atom. The van der Waals surface area contributed by atoms with Gasteiger partial charge in [0.2, 0.25) is 0 Å². The lowest BCUT2D eigenvalue weighted by molar-refractivity contribution is -0.135. The van der Waals surface area contributed by atoms with Crippen molar-refractivity contribution >= 4 is 22.6 Å². The van der Waals surface area contributed by atoms with Crippen molar-refractivity contribution in [1.29, 1.82) is 0 Å². The van der Waals surface area contributed by atoms with Crippen LogP contribution in [0.5, 0.6) is 0 Å². The fourth-order valence-corrected chi connectivity index (χ4v) is 3.25. The molecule has 1 heterocycles. The third-order valence-corrected chi connectivity index (χ3v) is 4.62. The van der Waals surface area contributed by atoms with Crippen molar-refractivity contribution in [3.8, 4) is 0 Å². The lowest BCUT2D eigenvalue weighted by atomic mass is 10.1. The topological polar surface area (TPSA) is 43.3 Å². The number of allylic oxidation sites excluding steroid dienone is 3. The van der Waals surface area contributed by atoms with Crippen molar-refractivity contribution in [2.75, 3.05) is 12.4 Å². The molecule has 0 spiro atoms. The molecule has 29 heavy (non-hydrogen) atoms. The van der Waals surface area contributed by atoms with Crippen LogP contribution in [0.1, 0.15) is 19.4 Å². The van der Waals surface area contributed by atoms with Gasteiger partial charge in [-0.15, -0.1) is 0 Å². The van der Waals surface area contributed by atoms with Gasteiger partial charge in [-0.05, 0) is 49.8 Å². The molecule has 0 atom stereocenters. The number of rotatable bonds is 7. The van der Waals surface area contributed by atoms with Crippen LogP contribution in [-0.4, -0.2) is 17.6 Å². The lowest BCUT2D eigenvalue weighted by Gasteiger charge is -2.14. The maximum absolute atomic E-state index is 12.2. The minimum Gasteiger partial charge on any atom is -0.465 e. The number of methoxy groups -OCH3 is 1. The van der Waals surface area contributed by atoms with E-state index in [1.165, 1.54) is 12.7 Å². The number of benzene rings is 2. The highest BCUT2D eigenvalue weighted by Gasteiger charge is 2.15. The zero-order chi connectivity index (χ0) is 20.8. The van der Waals surface area contributed by atoms with Gasteiger partial charge in [0.15, 0.2) is 0 Å². The minimum atomic E-state index is -0.399. The number of fused-ring (bicyclic) bond motifs is 1. The van der Waals surface area contributed by atoms with E-state index in [0.717, 1.165) is 28.7 Å². The molecule has 2 aromatic carbocycles. The zero-order valence-electron chi connectivity index (χ0n) is 17.1. The predicted molar refractivity (Wildman–Crippen MR) is 120 cm³/mol. The van der Waals surface area contributed by atoms with Gasteiger partial charge in [-0.3, -0.25) is 0 Å². The molecular weight excluding hydrogens is 360 g/mol. The molecular formula is C25H26N2O2. The van der Waals surface area contributed by atoms with Crippen LogP contribution in [0.2, 0.25) is 0 Å². The van der Waals surface area contributed by atoms with Crippen molar-refractivity contribution in [2.24, 2.45) is 0 Å². The lowest BCUT2D eigenvalue weighted by Crippen LogP contribution is -2.13. The third-order valence-electron chi connectivity index (χ3n) is 4.62. The maximum atomic E-state index is 12.2. The Labute approximate surface area is 171 Å². The molecule has 1 aromatic heterocycles. The predicted octanol–water partition coefficient (Wildman–Crippen LogP) is 5.68. The minimum absolute atomic E-state index is 0.399. The average Bonchev–Trinajstić information content (AvgIpc) is 3.12. The first-order chi connectivity index (χ1) is 14.0. The molecule has 0 aliphatic rings. The Balaban J connectivity index is 1.86. The maximum Gasteiger partial charge on any atom is 0.339 e. The highest BCUT2D eigenvalue weighted by atomic mass is 16.5. The molecule has 0 aliphatic heterocycles. The molecule has 0 amide bonds. The molecule has 4 nitrogen and oxygen atoms in total. The van der Waals surface area contributed by atoms with Crippen molar-refractivity contribution in [3.63, 3.8) is 0 Å². The molecule has 0 bridgehead atoms. The molecule has 0 saturated heterocycles. The van der Waals surface area contributed by atoms with Gasteiger partial charge in [0.1, 0.15) is 0 Å². The quantitative estimate of drug-likeness (QED) is 0.323. The first kappa shape index (κ1) is 20.2. The van der Waals surface area contributed by atoms with Crippen LogP contribution in [0, 0.1) is 0 Å². The molecule has 3 aromatic rings. The SMILES string of the molecule is C=C(C)/C=C(C(=O)OC)\C(=C/C)Nc1ccc2c(ccn2Cc2ccccc2)c1. The molecule has 0 fully saturated rings. The number of anilines is 1. The van der Waals surface area contributed by atoms with Crippen LogP contribution in [0.3, 0.4) is 0 Å². The van der Waals surface area contributed by atoms with E-state index in [4.69, 9.17) is 4.74 Å². The third kappa shape index (κ3) is 4.85. The largest absolute Gasteiger partial charge is 0.465 e. The second-order valence-electron chi connectivity index (χ2n) is 6.93. The Bertz CT molecular complexity index is 1090. The molecule has 4 heteroatoms. The van der Waals surface area contributed by atoms with Gasteiger partial charge in [-0.25, -0.2) is 4.79 Å². The Kier molecular flexibility index (Phi) is 6.35. The standard InChI is InChI=1S/C25H26N2O2/c1-5-23(22(15-18(2)3)25(28)29-4)26-21-11-12-24-20(16-21)13-14-27(24)17-19-9-7-6-8-10-19/h5-16,26H,2,17H2,1,3-4H3/b22-15+,23-5+. The number of carbonyl (C=O) groups is 1. The van der Waals surface area contributed by atoms with Crippen molar-refractivity contribution in [3.05, 3.63) is 102 Å². The smallest absolute Gasteiger partial charge is 0.339 e. The summed E-state index contributed by atoms with van der Waals surface area (Å²) in [5.41, 5.74) is 5.23. The van der Waals surface area contributed by atoms with Crippen LogP contribution in [0.25, 0.3) is 10.9 Å². The number of esters is 1. The van der Waals surface area contributed by atoms with Crippen LogP contribution in [0.15, 0.2) is 96.4 Å². The van der Waals surface area contributed by atoms with E-state index in [9.17, 15) is 4.79 Å². The van der Waals surface area contributed by atoms with Crippen LogP contribution >= 0.6 is 0 Å². The molecule has 148 valence electrons. The number of carbonyl (C=O) groups excluding carboxylic acids is 1. The van der Waals surface area contributed by atoms with E-state index >= 15 is 0 Å². The summed E-state index contributed by atoms with van der Waals surface area (Å²) in [4.78, 5) is 12.2. The number of nitrogens with zero attached hydrogens (tertiary/aromatic N) is 1. The summed E-state index contributed by atoms with van der Waals surface area (Å²) in [7, 11) is 1.38. The Morgan fingerprint density at radius 3 is 2.59 bits per heavy atom. The van der Waals surface area contributed by atoms with Gasteiger partial charge in [-0.2, -0.15) is 0 Å². The highest BCUT2D eigenvalue weighted by Crippen LogP contribution is 2.24. The van der Waals surface area contributed by atoms with E-state index in [0.29, 0.717) is 11.3 Å². The Hall–Kier alpha value is -3.53. The molecule has 0 aliphatic carbocycles. The second kappa shape index (κ2) is 9.11. The van der Waals surface area contributed by atoms with Gasteiger partial charge in [0.05, 0.1) is 12.7 Å². The number of aromatic nitrogens is 1. The van der Waals surface area contributed by atoms with Crippen LogP contribution in [-0.2, 0) is 16.1 Å². The van der Waals surface area contributed by atoms with Crippen molar-refractivity contribution in [1.82, 2.24) is 4.57 Å². The summed E-state index contributed by atoms with van der Waals surface area (Å²) < 4.78 is 7.16. The Morgan fingerprint density at radius 2 is 1.93 bits per heavy atom. The molecule has 0 saturated carbocycles. The molecule has 3 rings (SSSR count). The first-order valence-corrected chi connectivity index (χ1v) is 9.54. The summed E-state index contributed by atoms with van der Waals surface area (Å²) in [5, 5.41) is 4.47. The zero-order valence-corrected chi connectivity index (χ0v) is 17.1. The van der Waals surface area contributed by atoms with E-state index in [1.54, 1.807) is 6.08 Å². The summed E-state index contributed by atoms with van der Waals surface area (Å²) >= 11 is 0. The summed E-state index contributed by atoms with van der Waals surface area (Å²) in [5.74, 6) is -0.399. The van der Waals surface area contributed by atoms with E-state index in [2.05, 4.69) is 65.1 Å². The number of hydrogen-bond donors (Lipinski definition) is 1. The van der Waals surface area contributed by atoms with Gasteiger partial charge < -0.3 is 14.6 Å². The van der Waals surface area contributed by atoms with Gasteiger partial charge in [0, 0.05) is 35.0 Å². The van der Waals surface area contributed by atoms with Crippen LogP contribution in [0.4, 0.5) is 5.69 Å². The van der Waals surface area contributed by atoms with Crippen LogP contribution < -0.4 is 5.32 Å². The summed E-state index contributed by atoms with van der Waals surface area (Å²) in [6.07, 6.45) is 5.68. The molecule has 1 N–H and O–H groups in total. The monoisotopic (exact) mass is 386 g/mol. The van der Waals surface area contributed by atoms with Gasteiger partial charge >= 0.3 is 5.97 Å². The fourth-order valence-electron chi connectivity index (χ4n) is 3.25. The van der Waals surface area contributed by atoms with Gasteiger partial charge in [0.25, 0.3) is 0 Å². The number of hydrogen-bond acceptors (Lipinski definition) is 3. The van der Waals surface area contributed by atoms with Gasteiger partial charge in [-0.1, -0.05) is 48.6 Å². The van der Waals surface area contributed by atoms with Crippen molar-refractivity contribution < 1.29 is 9.53 Å². The molecule has 0 unspecified atom stereocenters.